The molecule has 0 heterocycles. The molecule has 20 heavy (non-hydrogen) atoms. The summed E-state index contributed by atoms with van der Waals surface area (Å²) in [6.45, 7) is 19.8. The normalized spacial score (nSPS) is 13.7. The minimum atomic E-state index is -0.0517. The van der Waals surface area contributed by atoms with Gasteiger partial charge in [-0.3, -0.25) is 0 Å². The molecule has 0 aromatic heterocycles. The van der Waals surface area contributed by atoms with E-state index < -0.39 is 0 Å². The molecule has 0 saturated heterocycles. The van der Waals surface area contributed by atoms with Crippen molar-refractivity contribution in [2.24, 2.45) is 0 Å². The molecule has 0 aliphatic rings. The van der Waals surface area contributed by atoms with E-state index in [1.165, 1.54) is 5.56 Å². The quantitative estimate of drug-likeness (QED) is 0.737. The van der Waals surface area contributed by atoms with Crippen molar-refractivity contribution in [2.45, 2.75) is 85.0 Å². The van der Waals surface area contributed by atoms with Gasteiger partial charge in [-0.2, -0.15) is 0 Å². The Kier molecular flexibility index (Phi) is 4.35. The molecule has 1 rings (SSSR count). The van der Waals surface area contributed by atoms with Gasteiger partial charge < -0.3 is 5.11 Å². The third kappa shape index (κ3) is 3.37. The van der Waals surface area contributed by atoms with E-state index in [1.54, 1.807) is 0 Å². The van der Waals surface area contributed by atoms with E-state index >= 15 is 0 Å². The summed E-state index contributed by atoms with van der Waals surface area (Å²) in [7, 11) is 0. The van der Waals surface area contributed by atoms with Crippen LogP contribution in [0, 0.1) is 0 Å². The van der Waals surface area contributed by atoms with Crippen LogP contribution in [0.5, 0.6) is 5.75 Å². The van der Waals surface area contributed by atoms with Crippen LogP contribution in [-0.4, -0.2) is 5.11 Å². The van der Waals surface area contributed by atoms with Crippen molar-refractivity contribution in [3.8, 4) is 5.75 Å². The minimum absolute atomic E-state index is 0.00859. The third-order valence-corrected chi connectivity index (χ3v) is 4.40. The fourth-order valence-corrected chi connectivity index (χ4v) is 2.35. The van der Waals surface area contributed by atoms with Gasteiger partial charge in [-0.1, -0.05) is 74.4 Å². The molecule has 0 fully saturated rings. The Hall–Kier alpha value is -0.980. The Morgan fingerprint density at radius 2 is 1.25 bits per heavy atom. The number of hydrogen-bond donors (Lipinski definition) is 1. The van der Waals surface area contributed by atoms with Gasteiger partial charge in [0.25, 0.3) is 0 Å². The Bertz CT molecular complexity index is 482. The molecule has 0 atom stereocenters. The van der Waals surface area contributed by atoms with Crippen molar-refractivity contribution in [1.82, 2.24) is 0 Å². The van der Waals surface area contributed by atoms with Crippen molar-refractivity contribution in [2.75, 3.05) is 0 Å². The molecule has 1 aromatic rings. The molecule has 0 bridgehead atoms. The van der Waals surface area contributed by atoms with E-state index in [0.717, 1.165) is 17.5 Å². The van der Waals surface area contributed by atoms with E-state index in [4.69, 9.17) is 0 Å². The summed E-state index contributed by atoms with van der Waals surface area (Å²) >= 11 is 0. The van der Waals surface area contributed by atoms with Gasteiger partial charge in [0.15, 0.2) is 0 Å². The lowest BCUT2D eigenvalue weighted by molar-refractivity contribution is 0.408. The van der Waals surface area contributed by atoms with E-state index in [2.05, 4.69) is 74.4 Å². The van der Waals surface area contributed by atoms with Gasteiger partial charge in [0.1, 0.15) is 5.75 Å². The average molecular weight is 276 g/mol. The second-order valence-corrected chi connectivity index (χ2v) is 8.66. The van der Waals surface area contributed by atoms with Gasteiger partial charge in [0, 0.05) is 5.56 Å². The molecule has 1 N–H and O–H groups in total. The average Bonchev–Trinajstić information content (AvgIpc) is 2.25. The summed E-state index contributed by atoms with van der Waals surface area (Å²) in [5, 5.41) is 10.8. The predicted octanol–water partition coefficient (Wildman–Crippen LogP) is 5.67. The number of hydrogen-bond acceptors (Lipinski definition) is 1. The maximum absolute atomic E-state index is 10.8. The van der Waals surface area contributed by atoms with Crippen LogP contribution in [0.2, 0.25) is 0 Å². The lowest BCUT2D eigenvalue weighted by Crippen LogP contribution is -2.22. The van der Waals surface area contributed by atoms with Gasteiger partial charge in [0.2, 0.25) is 0 Å². The Morgan fingerprint density at radius 3 is 1.60 bits per heavy atom. The van der Waals surface area contributed by atoms with Gasteiger partial charge >= 0.3 is 0 Å². The first-order chi connectivity index (χ1) is 8.80. The summed E-state index contributed by atoms with van der Waals surface area (Å²) in [4.78, 5) is 0. The van der Waals surface area contributed by atoms with Crippen LogP contribution in [0.25, 0.3) is 0 Å². The summed E-state index contributed by atoms with van der Waals surface area (Å²) in [6, 6.07) is 4.39. The number of phenolic OH excluding ortho intramolecular Hbond substituents is 1. The van der Waals surface area contributed by atoms with Crippen molar-refractivity contribution >= 4 is 0 Å². The van der Waals surface area contributed by atoms with E-state index in [-0.39, 0.29) is 16.2 Å². The third-order valence-electron chi connectivity index (χ3n) is 4.40. The minimum Gasteiger partial charge on any atom is -0.507 e. The van der Waals surface area contributed by atoms with Gasteiger partial charge in [-0.15, -0.1) is 0 Å². The van der Waals surface area contributed by atoms with Crippen LogP contribution in [0.4, 0.5) is 0 Å². The maximum Gasteiger partial charge on any atom is 0.123 e. The van der Waals surface area contributed by atoms with Crippen LogP contribution < -0.4 is 0 Å². The molecular weight excluding hydrogens is 244 g/mol. The molecule has 1 nitrogen and oxygen atoms in total. The molecular formula is C19H32O. The van der Waals surface area contributed by atoms with Crippen molar-refractivity contribution in [1.29, 1.82) is 0 Å². The zero-order valence-corrected chi connectivity index (χ0v) is 14.8. The molecule has 0 aliphatic heterocycles. The zero-order chi connectivity index (χ0) is 15.9. The lowest BCUT2D eigenvalue weighted by Gasteiger charge is -2.32. The van der Waals surface area contributed by atoms with Crippen molar-refractivity contribution in [3.63, 3.8) is 0 Å². The molecule has 0 aliphatic carbocycles. The summed E-state index contributed by atoms with van der Waals surface area (Å²) in [5.74, 6) is 0.484. The smallest absolute Gasteiger partial charge is 0.123 e. The van der Waals surface area contributed by atoms with Crippen LogP contribution in [0.15, 0.2) is 12.1 Å². The van der Waals surface area contributed by atoms with Crippen LogP contribution >= 0.6 is 0 Å². The van der Waals surface area contributed by atoms with Crippen molar-refractivity contribution < 1.29 is 5.11 Å². The Labute approximate surface area is 125 Å². The fourth-order valence-electron chi connectivity index (χ4n) is 2.35. The van der Waals surface area contributed by atoms with Crippen LogP contribution in [0.3, 0.4) is 0 Å². The molecule has 114 valence electrons. The standard InChI is InChI=1S/C19H32O/c1-10-19(8,9)15-12-13(17(2,3)4)11-14(16(15)20)18(5,6)7/h11-12,20H,10H2,1-9H3. The monoisotopic (exact) mass is 276 g/mol. The number of rotatable bonds is 2. The number of aromatic hydroxyl groups is 1. The SMILES string of the molecule is CCC(C)(C)c1cc(C(C)(C)C)cc(C(C)(C)C)c1O. The van der Waals surface area contributed by atoms with E-state index in [9.17, 15) is 5.11 Å². The number of phenols is 1. The largest absolute Gasteiger partial charge is 0.507 e. The zero-order valence-electron chi connectivity index (χ0n) is 14.8. The van der Waals surface area contributed by atoms with Gasteiger partial charge in [0.05, 0.1) is 0 Å². The second-order valence-electron chi connectivity index (χ2n) is 8.66. The molecule has 1 aromatic carbocycles. The first-order valence-electron chi connectivity index (χ1n) is 7.69. The van der Waals surface area contributed by atoms with E-state index in [0.29, 0.717) is 5.75 Å². The van der Waals surface area contributed by atoms with Gasteiger partial charge in [-0.25, -0.2) is 0 Å². The summed E-state index contributed by atoms with van der Waals surface area (Å²) in [5.41, 5.74) is 3.47. The first kappa shape index (κ1) is 17.1. The molecule has 0 unspecified atom stereocenters. The molecule has 0 saturated carbocycles. The highest BCUT2D eigenvalue weighted by Gasteiger charge is 2.30. The first-order valence-corrected chi connectivity index (χ1v) is 7.69. The van der Waals surface area contributed by atoms with Crippen molar-refractivity contribution in [3.05, 3.63) is 28.8 Å². The summed E-state index contributed by atoms with van der Waals surface area (Å²) < 4.78 is 0. The highest BCUT2D eigenvalue weighted by Crippen LogP contribution is 2.43. The highest BCUT2D eigenvalue weighted by molar-refractivity contribution is 5.51. The van der Waals surface area contributed by atoms with E-state index in [1.807, 2.05) is 0 Å². The molecule has 0 radical (unpaired) electrons. The maximum atomic E-state index is 10.8. The highest BCUT2D eigenvalue weighted by atomic mass is 16.3. The predicted molar refractivity (Wildman–Crippen MR) is 88.8 cm³/mol. The fraction of sp³-hybridized carbons (Fsp3) is 0.684. The Morgan fingerprint density at radius 1 is 0.800 bits per heavy atom. The molecule has 0 amide bonds. The summed E-state index contributed by atoms with van der Waals surface area (Å²) in [6.07, 6.45) is 1.01. The number of benzene rings is 1. The molecule has 0 spiro atoms. The lowest BCUT2D eigenvalue weighted by atomic mass is 9.73. The topological polar surface area (TPSA) is 20.2 Å². The molecule has 1 heteroatoms. The van der Waals surface area contributed by atoms with Crippen LogP contribution in [-0.2, 0) is 16.2 Å². The van der Waals surface area contributed by atoms with Crippen LogP contribution in [0.1, 0.15) is 85.4 Å². The second kappa shape index (κ2) is 5.09. The Balaban J connectivity index is 3.69. The van der Waals surface area contributed by atoms with Gasteiger partial charge in [-0.05, 0) is 33.8 Å².